The summed E-state index contributed by atoms with van der Waals surface area (Å²) in [6, 6.07) is 3.05. The number of nitrogens with one attached hydrogen (secondary N) is 1. The molecule has 3 unspecified atom stereocenters. The van der Waals surface area contributed by atoms with Crippen molar-refractivity contribution in [2.45, 2.75) is 70.4 Å². The van der Waals surface area contributed by atoms with Gasteiger partial charge in [-0.2, -0.15) is 0 Å². The number of carbonyl (C=O) groups is 1. The Labute approximate surface area is 158 Å². The molecule has 26 heavy (non-hydrogen) atoms. The lowest BCUT2D eigenvalue weighted by Gasteiger charge is -2.33. The van der Waals surface area contributed by atoms with Gasteiger partial charge in [-0.05, 0) is 46.1 Å². The largest absolute Gasteiger partial charge is 0.444 e. The average Bonchev–Trinajstić information content (AvgIpc) is 3.14. The van der Waals surface area contributed by atoms with Crippen LogP contribution in [0.25, 0.3) is 0 Å². The molecule has 0 saturated carbocycles. The molecule has 0 spiro atoms. The summed E-state index contributed by atoms with van der Waals surface area (Å²) in [5.74, 6) is -2.31. The second-order valence-electron chi connectivity index (χ2n) is 7.79. The van der Waals surface area contributed by atoms with Crippen LogP contribution in [0, 0.1) is 0 Å². The number of alkyl carbamates (subject to hydrolysis) is 1. The zero-order valence-electron chi connectivity index (χ0n) is 16.2. The number of amides is 1. The minimum absolute atomic E-state index is 0.0906. The maximum Gasteiger partial charge on any atom is 0.407 e. The first-order valence-electron chi connectivity index (χ1n) is 8.57. The third kappa shape index (κ3) is 5.65. The minimum Gasteiger partial charge on any atom is -0.444 e. The van der Waals surface area contributed by atoms with Crippen LogP contribution in [0.2, 0.25) is 0 Å². The van der Waals surface area contributed by atoms with Crippen molar-refractivity contribution in [2.75, 3.05) is 13.7 Å². The average molecular weight is 387 g/mol. The highest BCUT2D eigenvalue weighted by atomic mass is 32.1. The lowest BCUT2D eigenvalue weighted by atomic mass is 10.00. The van der Waals surface area contributed by atoms with Crippen LogP contribution in [0.4, 0.5) is 4.79 Å². The summed E-state index contributed by atoms with van der Waals surface area (Å²) in [5.41, 5.74) is -0.633. The summed E-state index contributed by atoms with van der Waals surface area (Å²) >= 11 is 1.38. The molecule has 1 aromatic rings. The van der Waals surface area contributed by atoms with Crippen molar-refractivity contribution in [1.82, 2.24) is 5.32 Å². The first-order valence-corrected chi connectivity index (χ1v) is 9.45. The smallest absolute Gasteiger partial charge is 0.407 e. The molecule has 1 amide bonds. The van der Waals surface area contributed by atoms with Gasteiger partial charge in [-0.1, -0.05) is 6.07 Å². The monoisotopic (exact) mass is 387 g/mol. The second kappa shape index (κ2) is 7.82. The Bertz CT molecular complexity index is 597. The highest BCUT2D eigenvalue weighted by Gasteiger charge is 2.43. The number of hydrogen-bond acceptors (Lipinski definition) is 7. The van der Waals surface area contributed by atoms with Gasteiger partial charge >= 0.3 is 6.09 Å². The summed E-state index contributed by atoms with van der Waals surface area (Å²) in [4.78, 5) is 12.9. The fraction of sp³-hybridized carbons (Fsp3) is 0.722. The molecule has 148 valence electrons. The van der Waals surface area contributed by atoms with Crippen LogP contribution in [0.15, 0.2) is 17.5 Å². The van der Waals surface area contributed by atoms with E-state index in [9.17, 15) is 9.90 Å². The zero-order chi connectivity index (χ0) is 19.6. The molecule has 0 aliphatic carbocycles. The van der Waals surface area contributed by atoms with Gasteiger partial charge in [-0.15, -0.1) is 11.3 Å². The van der Waals surface area contributed by atoms with Crippen molar-refractivity contribution in [3.8, 4) is 0 Å². The molecule has 3 atom stereocenters. The van der Waals surface area contributed by atoms with E-state index < -0.39 is 35.4 Å². The highest BCUT2D eigenvalue weighted by molar-refractivity contribution is 7.10. The molecule has 0 aromatic carbocycles. The van der Waals surface area contributed by atoms with Gasteiger partial charge in [0.1, 0.15) is 11.7 Å². The summed E-state index contributed by atoms with van der Waals surface area (Å²) in [6.45, 7) is 9.27. The van der Waals surface area contributed by atoms with E-state index in [1.807, 2.05) is 11.4 Å². The van der Waals surface area contributed by atoms with Crippen molar-refractivity contribution < 1.29 is 28.8 Å². The van der Waals surface area contributed by atoms with E-state index in [0.29, 0.717) is 4.88 Å². The number of thiophene rings is 1. The molecule has 2 rings (SSSR count). The summed E-state index contributed by atoms with van der Waals surface area (Å²) in [7, 11) is 1.43. The van der Waals surface area contributed by atoms with E-state index in [4.69, 9.17) is 18.9 Å². The molecule has 2 N–H and O–H groups in total. The highest BCUT2D eigenvalue weighted by Crippen LogP contribution is 2.34. The van der Waals surface area contributed by atoms with E-state index in [1.54, 1.807) is 40.7 Å². The van der Waals surface area contributed by atoms with Gasteiger partial charge in [0.25, 0.3) is 0 Å². The topological polar surface area (TPSA) is 86.3 Å². The molecule has 1 fully saturated rings. The van der Waals surface area contributed by atoms with Gasteiger partial charge in [0.05, 0.1) is 17.5 Å². The third-order valence-corrected chi connectivity index (χ3v) is 4.92. The quantitative estimate of drug-likeness (QED) is 0.730. The lowest BCUT2D eigenvalue weighted by molar-refractivity contribution is -0.207. The van der Waals surface area contributed by atoms with Crippen LogP contribution in [0.5, 0.6) is 0 Å². The van der Waals surface area contributed by atoms with Crippen molar-refractivity contribution in [3.63, 3.8) is 0 Å². The van der Waals surface area contributed by atoms with Gasteiger partial charge in [-0.3, -0.25) is 0 Å². The predicted octanol–water partition coefficient (Wildman–Crippen LogP) is 2.97. The van der Waals surface area contributed by atoms with Crippen LogP contribution in [0.1, 0.15) is 45.9 Å². The summed E-state index contributed by atoms with van der Waals surface area (Å²) in [6.07, 6.45) is -0.938. The Morgan fingerprint density at radius 2 is 2.19 bits per heavy atom. The number of hydrogen-bond donors (Lipinski definition) is 2. The first kappa shape index (κ1) is 21.1. The number of ether oxygens (including phenoxy) is 4. The van der Waals surface area contributed by atoms with Gasteiger partial charge in [0.15, 0.2) is 5.79 Å². The van der Waals surface area contributed by atoms with Gasteiger partial charge in [0, 0.05) is 13.5 Å². The molecule has 0 bridgehead atoms. The Balaban J connectivity index is 2.18. The fourth-order valence-corrected chi connectivity index (χ4v) is 3.54. The normalized spacial score (nSPS) is 23.3. The van der Waals surface area contributed by atoms with Crippen LogP contribution in [-0.4, -0.2) is 48.5 Å². The molecule has 1 saturated heterocycles. The zero-order valence-corrected chi connectivity index (χ0v) is 17.0. The van der Waals surface area contributed by atoms with Gasteiger partial charge < -0.3 is 29.4 Å². The molecular formula is C18H29NO6S. The Morgan fingerprint density at radius 3 is 2.65 bits per heavy atom. The molecule has 2 heterocycles. The number of carbonyl (C=O) groups excluding carboxylic acids is 1. The summed E-state index contributed by atoms with van der Waals surface area (Å²) in [5, 5.41) is 15.6. The minimum atomic E-state index is -1.55. The Kier molecular flexibility index (Phi) is 6.35. The van der Waals surface area contributed by atoms with Crippen molar-refractivity contribution in [1.29, 1.82) is 0 Å². The maximum atomic E-state index is 12.3. The fourth-order valence-electron chi connectivity index (χ4n) is 2.73. The van der Waals surface area contributed by atoms with E-state index in [2.05, 4.69) is 5.32 Å². The van der Waals surface area contributed by atoms with Gasteiger partial charge in [0.2, 0.25) is 5.79 Å². The standard InChI is InChI=1S/C18H29NO6S/c1-16(2,3)25-15(20)19-12(13-11-23-17(4,5)24-13)10-18(21,22-6)14-8-7-9-26-14/h7-9,12-13,21H,10-11H2,1-6H3,(H,19,20). The summed E-state index contributed by atoms with van der Waals surface area (Å²) < 4.78 is 22.3. The van der Waals surface area contributed by atoms with Crippen molar-refractivity contribution in [2.24, 2.45) is 0 Å². The Hall–Kier alpha value is -1.19. The molecule has 7 nitrogen and oxygen atoms in total. The first-order chi connectivity index (χ1) is 11.9. The van der Waals surface area contributed by atoms with E-state index in [-0.39, 0.29) is 13.0 Å². The van der Waals surface area contributed by atoms with Crippen LogP contribution < -0.4 is 5.32 Å². The van der Waals surface area contributed by atoms with Crippen molar-refractivity contribution >= 4 is 17.4 Å². The number of methoxy groups -OCH3 is 1. The number of aliphatic hydroxyl groups is 1. The van der Waals surface area contributed by atoms with Crippen LogP contribution in [-0.2, 0) is 24.7 Å². The van der Waals surface area contributed by atoms with Gasteiger partial charge in [-0.25, -0.2) is 4.79 Å². The molecule has 1 aliphatic heterocycles. The van der Waals surface area contributed by atoms with E-state index in [0.717, 1.165) is 0 Å². The molecule has 1 aromatic heterocycles. The van der Waals surface area contributed by atoms with E-state index in [1.165, 1.54) is 18.4 Å². The third-order valence-electron chi connectivity index (χ3n) is 3.92. The molecular weight excluding hydrogens is 358 g/mol. The number of rotatable bonds is 6. The van der Waals surface area contributed by atoms with Crippen LogP contribution in [0.3, 0.4) is 0 Å². The Morgan fingerprint density at radius 1 is 1.50 bits per heavy atom. The van der Waals surface area contributed by atoms with E-state index >= 15 is 0 Å². The predicted molar refractivity (Wildman–Crippen MR) is 97.9 cm³/mol. The maximum absolute atomic E-state index is 12.3. The lowest BCUT2D eigenvalue weighted by Crippen LogP contribution is -2.50. The second-order valence-corrected chi connectivity index (χ2v) is 8.74. The van der Waals surface area contributed by atoms with Crippen LogP contribution >= 0.6 is 11.3 Å². The molecule has 1 aliphatic rings. The molecule has 8 heteroatoms. The molecule has 0 radical (unpaired) electrons. The van der Waals surface area contributed by atoms with Crippen molar-refractivity contribution in [3.05, 3.63) is 22.4 Å². The SMILES string of the molecule is COC(O)(CC(NC(=O)OC(C)(C)C)C1COC(C)(C)O1)c1cccs1.